The number of amides is 1. The van der Waals surface area contributed by atoms with Gasteiger partial charge in [0.15, 0.2) is 5.78 Å². The molecule has 1 aromatic rings. The summed E-state index contributed by atoms with van der Waals surface area (Å²) in [6.07, 6.45) is 6.91. The van der Waals surface area contributed by atoms with Gasteiger partial charge in [0, 0.05) is 5.38 Å². The van der Waals surface area contributed by atoms with Crippen molar-refractivity contribution in [1.29, 1.82) is 0 Å². The van der Waals surface area contributed by atoms with Crippen molar-refractivity contribution in [1.82, 2.24) is 5.32 Å². The van der Waals surface area contributed by atoms with Gasteiger partial charge < -0.3 is 10.1 Å². The maximum Gasteiger partial charge on any atom is 0.252 e. The summed E-state index contributed by atoms with van der Waals surface area (Å²) in [5.74, 6) is -0.0929. The van der Waals surface area contributed by atoms with Crippen molar-refractivity contribution in [2.24, 2.45) is 0 Å². The van der Waals surface area contributed by atoms with Crippen LogP contribution in [0.1, 0.15) is 65.5 Å². The number of rotatable bonds is 3. The molecular weight excluding hydrogens is 286 g/mol. The van der Waals surface area contributed by atoms with Crippen molar-refractivity contribution in [3.63, 3.8) is 0 Å². The third-order valence-electron chi connectivity index (χ3n) is 4.52. The molecule has 4 nitrogen and oxygen atoms in total. The molecule has 1 spiro atoms. The van der Waals surface area contributed by atoms with E-state index >= 15 is 0 Å². The first-order valence-electron chi connectivity index (χ1n) is 7.62. The van der Waals surface area contributed by atoms with Crippen LogP contribution >= 0.6 is 11.3 Å². The lowest BCUT2D eigenvalue weighted by Gasteiger charge is -2.32. The van der Waals surface area contributed by atoms with E-state index in [4.69, 9.17) is 4.74 Å². The van der Waals surface area contributed by atoms with Crippen molar-refractivity contribution in [2.45, 2.75) is 57.1 Å². The van der Waals surface area contributed by atoms with Crippen LogP contribution < -0.4 is 5.32 Å². The lowest BCUT2D eigenvalue weighted by molar-refractivity contribution is -0.0246. The van der Waals surface area contributed by atoms with Crippen molar-refractivity contribution >= 4 is 23.0 Å². The number of nitrogens with one attached hydrogen (secondary N) is 1. The van der Waals surface area contributed by atoms with Gasteiger partial charge in [-0.3, -0.25) is 9.59 Å². The van der Waals surface area contributed by atoms with Gasteiger partial charge in [0.1, 0.15) is 0 Å². The number of Topliss-reactive ketones (excluding diaryl/α,β-unsaturated/α-hetero) is 1. The van der Waals surface area contributed by atoms with E-state index in [1.54, 1.807) is 11.4 Å². The standard InChI is InChI=1S/C16H21NO3S/c1-11(18)14-7-12(10-21-14)15(19)17-13-8-16(20-9-13)5-3-2-4-6-16/h7,10,13H,2-6,8-9H2,1H3,(H,17,19)/t13-/m0/s1. The fourth-order valence-corrected chi connectivity index (χ4v) is 4.18. The quantitative estimate of drug-likeness (QED) is 0.873. The van der Waals surface area contributed by atoms with E-state index < -0.39 is 0 Å². The van der Waals surface area contributed by atoms with Crippen LogP contribution in [0.3, 0.4) is 0 Å². The summed E-state index contributed by atoms with van der Waals surface area (Å²) in [6.45, 7) is 2.13. The number of carbonyl (C=O) groups is 2. The lowest BCUT2D eigenvalue weighted by Crippen LogP contribution is -2.37. The van der Waals surface area contributed by atoms with Crippen LogP contribution in [0.5, 0.6) is 0 Å². The molecule has 21 heavy (non-hydrogen) atoms. The molecule has 0 radical (unpaired) electrons. The van der Waals surface area contributed by atoms with Crippen LogP contribution in [0.2, 0.25) is 0 Å². The number of thiophene rings is 1. The predicted molar refractivity (Wildman–Crippen MR) is 82.0 cm³/mol. The Bertz CT molecular complexity index is 545. The highest BCUT2D eigenvalue weighted by atomic mass is 32.1. The molecule has 0 aromatic carbocycles. The van der Waals surface area contributed by atoms with Crippen LogP contribution in [0, 0.1) is 0 Å². The molecule has 3 rings (SSSR count). The van der Waals surface area contributed by atoms with Gasteiger partial charge in [0.25, 0.3) is 5.91 Å². The summed E-state index contributed by atoms with van der Waals surface area (Å²) in [5, 5.41) is 4.80. The normalized spacial score (nSPS) is 24.1. The largest absolute Gasteiger partial charge is 0.373 e. The molecule has 1 aliphatic heterocycles. The molecule has 1 saturated carbocycles. The summed E-state index contributed by atoms with van der Waals surface area (Å²) in [6, 6.07) is 1.77. The smallest absolute Gasteiger partial charge is 0.252 e. The third-order valence-corrected chi connectivity index (χ3v) is 5.55. The molecule has 1 saturated heterocycles. The predicted octanol–water partition coefficient (Wildman–Crippen LogP) is 3.17. The highest BCUT2D eigenvalue weighted by Crippen LogP contribution is 2.39. The molecule has 1 amide bonds. The van der Waals surface area contributed by atoms with Crippen LogP contribution in [0.15, 0.2) is 11.4 Å². The van der Waals surface area contributed by atoms with E-state index in [0.717, 1.165) is 19.3 Å². The summed E-state index contributed by atoms with van der Waals surface area (Å²) in [7, 11) is 0. The second-order valence-corrected chi connectivity index (χ2v) is 7.10. The molecular formula is C16H21NO3S. The van der Waals surface area contributed by atoms with Gasteiger partial charge in [-0.15, -0.1) is 11.3 Å². The van der Waals surface area contributed by atoms with Gasteiger partial charge in [-0.05, 0) is 32.3 Å². The summed E-state index contributed by atoms with van der Waals surface area (Å²) >= 11 is 1.32. The first-order chi connectivity index (χ1) is 10.1. The minimum atomic E-state index is -0.0970. The van der Waals surface area contributed by atoms with E-state index in [0.29, 0.717) is 17.0 Å². The molecule has 2 heterocycles. The van der Waals surface area contributed by atoms with Crippen molar-refractivity contribution in [3.05, 3.63) is 21.9 Å². The van der Waals surface area contributed by atoms with Crippen LogP contribution in [0.4, 0.5) is 0 Å². The highest BCUT2D eigenvalue weighted by molar-refractivity contribution is 7.12. The molecule has 2 fully saturated rings. The maximum absolute atomic E-state index is 12.2. The topological polar surface area (TPSA) is 55.4 Å². The molecule has 0 bridgehead atoms. The first-order valence-corrected chi connectivity index (χ1v) is 8.50. The minimum absolute atomic E-state index is 0.00408. The van der Waals surface area contributed by atoms with Gasteiger partial charge in [-0.1, -0.05) is 19.3 Å². The van der Waals surface area contributed by atoms with E-state index in [1.807, 2.05) is 0 Å². The van der Waals surface area contributed by atoms with Crippen molar-refractivity contribution < 1.29 is 14.3 Å². The molecule has 5 heteroatoms. The molecule has 2 aliphatic rings. The molecule has 1 atom stereocenters. The fraction of sp³-hybridized carbons (Fsp3) is 0.625. The van der Waals surface area contributed by atoms with Gasteiger partial charge >= 0.3 is 0 Å². The van der Waals surface area contributed by atoms with Gasteiger partial charge in [-0.25, -0.2) is 0 Å². The molecule has 1 aromatic heterocycles. The Hall–Kier alpha value is -1.20. The van der Waals surface area contributed by atoms with E-state index in [-0.39, 0.29) is 23.3 Å². The Balaban J connectivity index is 1.59. The number of carbonyl (C=O) groups excluding carboxylic acids is 2. The zero-order valence-corrected chi connectivity index (χ0v) is 13.1. The van der Waals surface area contributed by atoms with E-state index in [1.165, 1.54) is 37.5 Å². The van der Waals surface area contributed by atoms with Crippen LogP contribution in [-0.4, -0.2) is 29.9 Å². The number of ketones is 1. The van der Waals surface area contributed by atoms with Crippen molar-refractivity contribution in [2.75, 3.05) is 6.61 Å². The summed E-state index contributed by atoms with van der Waals surface area (Å²) in [5.41, 5.74) is 0.588. The minimum Gasteiger partial charge on any atom is -0.373 e. The average molecular weight is 307 g/mol. The Morgan fingerprint density at radius 1 is 1.33 bits per heavy atom. The van der Waals surface area contributed by atoms with Gasteiger partial charge in [-0.2, -0.15) is 0 Å². The maximum atomic E-state index is 12.2. The molecule has 114 valence electrons. The summed E-state index contributed by atoms with van der Waals surface area (Å²) in [4.78, 5) is 24.2. The summed E-state index contributed by atoms with van der Waals surface area (Å²) < 4.78 is 6.01. The second-order valence-electron chi connectivity index (χ2n) is 6.19. The number of ether oxygens (including phenoxy) is 1. The lowest BCUT2D eigenvalue weighted by atomic mass is 9.82. The first kappa shape index (κ1) is 14.7. The molecule has 1 N–H and O–H groups in total. The highest BCUT2D eigenvalue weighted by Gasteiger charge is 2.41. The van der Waals surface area contributed by atoms with Crippen molar-refractivity contribution in [3.8, 4) is 0 Å². The monoisotopic (exact) mass is 307 g/mol. The number of hydrogen-bond acceptors (Lipinski definition) is 4. The second kappa shape index (κ2) is 5.89. The van der Waals surface area contributed by atoms with Crippen LogP contribution in [-0.2, 0) is 4.74 Å². The Morgan fingerprint density at radius 3 is 2.76 bits per heavy atom. The fourth-order valence-electron chi connectivity index (χ4n) is 3.39. The average Bonchev–Trinajstić information content (AvgIpc) is 3.08. The zero-order chi connectivity index (χ0) is 14.9. The van der Waals surface area contributed by atoms with Gasteiger partial charge in [0.2, 0.25) is 0 Å². The SMILES string of the molecule is CC(=O)c1cc(C(=O)N[C@@H]2COC3(CCCCC3)C2)cs1. The van der Waals surface area contributed by atoms with E-state index in [9.17, 15) is 9.59 Å². The number of hydrogen-bond donors (Lipinski definition) is 1. The Morgan fingerprint density at radius 2 is 2.10 bits per heavy atom. The van der Waals surface area contributed by atoms with Crippen LogP contribution in [0.25, 0.3) is 0 Å². The van der Waals surface area contributed by atoms with Gasteiger partial charge in [0.05, 0.1) is 28.7 Å². The molecule has 1 aliphatic carbocycles. The Labute approximate surface area is 128 Å². The molecule has 0 unspecified atom stereocenters. The third kappa shape index (κ3) is 3.19. The van der Waals surface area contributed by atoms with E-state index in [2.05, 4.69) is 5.32 Å². The zero-order valence-electron chi connectivity index (χ0n) is 12.3. The Kier molecular flexibility index (Phi) is 4.13.